The van der Waals surface area contributed by atoms with Gasteiger partial charge in [0, 0.05) is 21.1 Å². The maximum atomic E-state index is 11.4. The maximum Gasteiger partial charge on any atom is 0.262 e. The molecule has 0 bridgehead atoms. The van der Waals surface area contributed by atoms with Crippen molar-refractivity contribution in [3.05, 3.63) is 52.3 Å². The quantitative estimate of drug-likeness (QED) is 0.670. The number of hydrogen-bond acceptors (Lipinski definition) is 5. The Morgan fingerprint density at radius 1 is 1.21 bits per heavy atom. The Hall–Kier alpha value is -2.38. The fourth-order valence-corrected chi connectivity index (χ4v) is 3.37. The number of ether oxygens (including phenoxy) is 1. The number of nitrogens with one attached hydrogen (secondary N) is 2. The number of benzene rings is 2. The van der Waals surface area contributed by atoms with Gasteiger partial charge in [0.25, 0.3) is 5.91 Å². The zero-order chi connectivity index (χ0) is 16.5. The highest BCUT2D eigenvalue weighted by atomic mass is 79.9. The Morgan fingerprint density at radius 3 is 2.88 bits per heavy atom. The van der Waals surface area contributed by atoms with E-state index in [-0.39, 0.29) is 12.5 Å². The minimum absolute atomic E-state index is 0.0598. The molecular formula is C17H12BrN3O2S. The van der Waals surface area contributed by atoms with Crippen LogP contribution >= 0.6 is 27.3 Å². The van der Waals surface area contributed by atoms with Gasteiger partial charge in [0.1, 0.15) is 5.75 Å². The lowest BCUT2D eigenvalue weighted by atomic mass is 10.1. The molecule has 0 aliphatic carbocycles. The van der Waals surface area contributed by atoms with Crippen molar-refractivity contribution in [1.29, 1.82) is 0 Å². The van der Waals surface area contributed by atoms with E-state index in [4.69, 9.17) is 4.74 Å². The molecule has 1 aliphatic rings. The van der Waals surface area contributed by atoms with Gasteiger partial charge in [0.2, 0.25) is 0 Å². The van der Waals surface area contributed by atoms with Gasteiger partial charge in [-0.05, 0) is 42.5 Å². The number of carbonyl (C=O) groups excluding carboxylic acids is 1. The van der Waals surface area contributed by atoms with Crippen LogP contribution in [0.5, 0.6) is 5.75 Å². The van der Waals surface area contributed by atoms with Gasteiger partial charge < -0.3 is 15.4 Å². The van der Waals surface area contributed by atoms with Gasteiger partial charge in [-0.1, -0.05) is 15.9 Å². The zero-order valence-electron chi connectivity index (χ0n) is 12.4. The lowest BCUT2D eigenvalue weighted by Crippen LogP contribution is -2.25. The maximum absolute atomic E-state index is 11.4. The van der Waals surface area contributed by atoms with Crippen molar-refractivity contribution >= 4 is 49.7 Å². The predicted molar refractivity (Wildman–Crippen MR) is 99.1 cm³/mol. The Balaban J connectivity index is 1.57. The highest BCUT2D eigenvalue weighted by molar-refractivity contribution is 9.10. The third-order valence-corrected chi connectivity index (χ3v) is 4.79. The molecule has 2 N–H and O–H groups in total. The van der Waals surface area contributed by atoms with Gasteiger partial charge in [-0.15, -0.1) is 11.3 Å². The first kappa shape index (κ1) is 15.2. The summed E-state index contributed by atoms with van der Waals surface area (Å²) in [5.74, 6) is 0.539. The van der Waals surface area contributed by atoms with Crippen LogP contribution in [0.15, 0.2) is 52.3 Å². The molecule has 0 saturated heterocycles. The van der Waals surface area contributed by atoms with E-state index < -0.39 is 0 Å². The van der Waals surface area contributed by atoms with Crippen molar-refractivity contribution < 1.29 is 9.53 Å². The number of aromatic nitrogens is 1. The lowest BCUT2D eigenvalue weighted by Gasteiger charge is -2.18. The zero-order valence-corrected chi connectivity index (χ0v) is 14.8. The van der Waals surface area contributed by atoms with Gasteiger partial charge >= 0.3 is 0 Å². The van der Waals surface area contributed by atoms with E-state index in [1.807, 2.05) is 47.8 Å². The summed E-state index contributed by atoms with van der Waals surface area (Å²) in [6, 6.07) is 13.6. The number of rotatable bonds is 3. The molecule has 1 aromatic heterocycles. The number of carbonyl (C=O) groups is 1. The molecule has 0 atom stereocenters. The van der Waals surface area contributed by atoms with Gasteiger partial charge in [-0.25, -0.2) is 4.98 Å². The second-order valence-electron chi connectivity index (χ2n) is 5.22. The predicted octanol–water partition coefficient (Wildman–Crippen LogP) is 4.65. The normalized spacial score (nSPS) is 13.0. The van der Waals surface area contributed by atoms with E-state index in [0.29, 0.717) is 11.4 Å². The molecule has 0 unspecified atom stereocenters. The van der Waals surface area contributed by atoms with Crippen LogP contribution in [0.1, 0.15) is 0 Å². The van der Waals surface area contributed by atoms with Crippen LogP contribution in [0.3, 0.4) is 0 Å². The number of nitrogens with zero attached hydrogens (tertiary/aromatic N) is 1. The van der Waals surface area contributed by atoms with Crippen LogP contribution in [0.4, 0.5) is 16.5 Å². The van der Waals surface area contributed by atoms with Crippen LogP contribution in [-0.2, 0) is 4.79 Å². The third-order valence-electron chi connectivity index (χ3n) is 3.51. The van der Waals surface area contributed by atoms with E-state index in [2.05, 4.69) is 31.5 Å². The van der Waals surface area contributed by atoms with E-state index in [0.717, 1.165) is 26.5 Å². The summed E-state index contributed by atoms with van der Waals surface area (Å²) in [4.78, 5) is 16.1. The van der Waals surface area contributed by atoms with Crippen LogP contribution < -0.4 is 15.4 Å². The largest absolute Gasteiger partial charge is 0.482 e. The summed E-state index contributed by atoms with van der Waals surface area (Å²) in [5, 5.41) is 8.89. The molecule has 2 aromatic carbocycles. The number of amides is 1. The molecule has 1 amide bonds. The average Bonchev–Trinajstić information content (AvgIpc) is 3.05. The molecule has 24 heavy (non-hydrogen) atoms. The van der Waals surface area contributed by atoms with Crippen molar-refractivity contribution in [2.24, 2.45) is 0 Å². The lowest BCUT2D eigenvalue weighted by molar-refractivity contribution is -0.118. The summed E-state index contributed by atoms with van der Waals surface area (Å²) >= 11 is 4.95. The van der Waals surface area contributed by atoms with Gasteiger partial charge in [0.15, 0.2) is 11.7 Å². The minimum atomic E-state index is -0.143. The van der Waals surface area contributed by atoms with Gasteiger partial charge in [-0.2, -0.15) is 0 Å². The van der Waals surface area contributed by atoms with E-state index in [9.17, 15) is 4.79 Å². The number of hydrogen-bond donors (Lipinski definition) is 2. The standard InChI is InChI=1S/C17H12BrN3O2S/c18-11-2-4-12(5-3-11)19-17-21-14(9-24-17)10-1-6-15-13(7-10)20-16(22)8-23-15/h1-7,9H,8H2,(H,19,21)(H,20,22). The molecule has 3 aromatic rings. The molecule has 4 rings (SSSR count). The molecule has 2 heterocycles. The van der Waals surface area contributed by atoms with E-state index in [1.54, 1.807) is 0 Å². The molecule has 0 fully saturated rings. The number of fused-ring (bicyclic) bond motifs is 1. The van der Waals surface area contributed by atoms with Crippen molar-refractivity contribution in [1.82, 2.24) is 4.98 Å². The van der Waals surface area contributed by atoms with Crippen molar-refractivity contribution in [2.75, 3.05) is 17.2 Å². The Kier molecular flexibility index (Phi) is 3.95. The number of halogens is 1. The third kappa shape index (κ3) is 3.13. The first-order valence-corrected chi connectivity index (χ1v) is 8.90. The molecule has 5 nitrogen and oxygen atoms in total. The van der Waals surface area contributed by atoms with E-state index >= 15 is 0 Å². The molecule has 0 spiro atoms. The smallest absolute Gasteiger partial charge is 0.262 e. The summed E-state index contributed by atoms with van der Waals surface area (Å²) in [6.07, 6.45) is 0. The molecular weight excluding hydrogens is 390 g/mol. The summed E-state index contributed by atoms with van der Waals surface area (Å²) in [6.45, 7) is 0.0598. The monoisotopic (exact) mass is 401 g/mol. The van der Waals surface area contributed by atoms with Crippen molar-refractivity contribution in [3.63, 3.8) is 0 Å². The Morgan fingerprint density at radius 2 is 2.04 bits per heavy atom. The first-order chi connectivity index (χ1) is 11.7. The Bertz CT molecular complexity index is 908. The molecule has 7 heteroatoms. The molecule has 0 saturated carbocycles. The fraction of sp³-hybridized carbons (Fsp3) is 0.0588. The summed E-state index contributed by atoms with van der Waals surface area (Å²) in [7, 11) is 0. The SMILES string of the molecule is O=C1COc2ccc(-c3csc(Nc4ccc(Br)cc4)n3)cc2N1. The minimum Gasteiger partial charge on any atom is -0.482 e. The number of anilines is 3. The van der Waals surface area contributed by atoms with E-state index in [1.165, 1.54) is 11.3 Å². The van der Waals surface area contributed by atoms with Crippen molar-refractivity contribution in [2.45, 2.75) is 0 Å². The number of thiazole rings is 1. The first-order valence-electron chi connectivity index (χ1n) is 7.22. The second-order valence-corrected chi connectivity index (χ2v) is 6.99. The fourth-order valence-electron chi connectivity index (χ4n) is 2.36. The molecule has 1 aliphatic heterocycles. The summed E-state index contributed by atoms with van der Waals surface area (Å²) in [5.41, 5.74) is 3.44. The summed E-state index contributed by atoms with van der Waals surface area (Å²) < 4.78 is 6.41. The topological polar surface area (TPSA) is 63.2 Å². The molecule has 0 radical (unpaired) electrons. The van der Waals surface area contributed by atoms with Crippen LogP contribution in [0.25, 0.3) is 11.3 Å². The second kappa shape index (κ2) is 6.26. The van der Waals surface area contributed by atoms with Crippen LogP contribution in [-0.4, -0.2) is 17.5 Å². The highest BCUT2D eigenvalue weighted by Gasteiger charge is 2.17. The molecule has 120 valence electrons. The van der Waals surface area contributed by atoms with Gasteiger partial charge in [0.05, 0.1) is 11.4 Å². The van der Waals surface area contributed by atoms with Crippen molar-refractivity contribution in [3.8, 4) is 17.0 Å². The highest BCUT2D eigenvalue weighted by Crippen LogP contribution is 2.34. The van der Waals surface area contributed by atoms with Crippen LogP contribution in [0.2, 0.25) is 0 Å². The Labute approximate surface area is 150 Å². The average molecular weight is 402 g/mol. The van der Waals surface area contributed by atoms with Crippen LogP contribution in [0, 0.1) is 0 Å². The van der Waals surface area contributed by atoms with Gasteiger partial charge in [-0.3, -0.25) is 4.79 Å².